The monoisotopic (exact) mass is 146 g/mol. The highest BCUT2D eigenvalue weighted by Gasteiger charge is 2.30. The van der Waals surface area contributed by atoms with E-state index in [1.807, 2.05) is 0 Å². The van der Waals surface area contributed by atoms with Crippen molar-refractivity contribution in [2.24, 2.45) is 0 Å². The molecule has 2 nitrogen and oxygen atoms in total. The third-order valence-electron chi connectivity index (χ3n) is 1.91. The third-order valence-corrected chi connectivity index (χ3v) is 1.91. The quantitative estimate of drug-likeness (QED) is 0.585. The van der Waals surface area contributed by atoms with Crippen molar-refractivity contribution in [3.05, 3.63) is 0 Å². The highest BCUT2D eigenvalue weighted by atomic mass is 19.1. The van der Waals surface area contributed by atoms with Gasteiger partial charge in [-0.15, -0.1) is 0 Å². The van der Waals surface area contributed by atoms with Gasteiger partial charge in [0, 0.05) is 13.1 Å². The van der Waals surface area contributed by atoms with Crippen molar-refractivity contribution in [3.63, 3.8) is 0 Å². The lowest BCUT2D eigenvalue weighted by Gasteiger charge is -2.29. The van der Waals surface area contributed by atoms with Crippen LogP contribution >= 0.6 is 0 Å². The fourth-order valence-corrected chi connectivity index (χ4v) is 1.40. The summed E-state index contributed by atoms with van der Waals surface area (Å²) >= 11 is 0. The molecule has 0 saturated carbocycles. The SMILES string of the molecule is CNCC1(F)CCCNC1. The molecule has 1 unspecified atom stereocenters. The summed E-state index contributed by atoms with van der Waals surface area (Å²) in [4.78, 5) is 0. The fourth-order valence-electron chi connectivity index (χ4n) is 1.40. The topological polar surface area (TPSA) is 24.1 Å². The van der Waals surface area contributed by atoms with Crippen LogP contribution in [0.5, 0.6) is 0 Å². The van der Waals surface area contributed by atoms with E-state index in [0.29, 0.717) is 19.5 Å². The summed E-state index contributed by atoms with van der Waals surface area (Å²) in [7, 11) is 1.79. The molecule has 1 aliphatic heterocycles. The maximum Gasteiger partial charge on any atom is 0.135 e. The van der Waals surface area contributed by atoms with Gasteiger partial charge in [-0.2, -0.15) is 0 Å². The maximum atomic E-state index is 13.4. The number of halogens is 1. The van der Waals surface area contributed by atoms with E-state index in [1.54, 1.807) is 7.05 Å². The molecule has 3 heteroatoms. The average molecular weight is 146 g/mol. The van der Waals surface area contributed by atoms with Gasteiger partial charge in [0.15, 0.2) is 0 Å². The number of hydrogen-bond donors (Lipinski definition) is 2. The lowest BCUT2D eigenvalue weighted by atomic mass is 9.96. The summed E-state index contributed by atoms with van der Waals surface area (Å²) in [6.07, 6.45) is 1.65. The minimum atomic E-state index is -0.993. The molecule has 0 radical (unpaired) electrons. The standard InChI is InChI=1S/C7H15FN2/c1-9-5-7(8)3-2-4-10-6-7/h9-10H,2-6H2,1H3. The van der Waals surface area contributed by atoms with Crippen LogP contribution in [0.25, 0.3) is 0 Å². The van der Waals surface area contributed by atoms with Gasteiger partial charge in [0.2, 0.25) is 0 Å². The molecule has 1 fully saturated rings. The number of hydrogen-bond acceptors (Lipinski definition) is 2. The smallest absolute Gasteiger partial charge is 0.135 e. The van der Waals surface area contributed by atoms with Gasteiger partial charge in [-0.25, -0.2) is 4.39 Å². The highest BCUT2D eigenvalue weighted by Crippen LogP contribution is 2.19. The number of nitrogens with one attached hydrogen (secondary N) is 2. The number of rotatable bonds is 2. The minimum absolute atomic E-state index is 0.472. The molecule has 1 heterocycles. The lowest BCUT2D eigenvalue weighted by molar-refractivity contribution is 0.123. The Morgan fingerprint density at radius 3 is 3.00 bits per heavy atom. The average Bonchev–Trinajstić information content (AvgIpc) is 1.89. The van der Waals surface area contributed by atoms with Gasteiger partial charge in [-0.1, -0.05) is 0 Å². The predicted octanol–water partition coefficient (Wildman–Crippen LogP) is 0.297. The van der Waals surface area contributed by atoms with E-state index in [-0.39, 0.29) is 0 Å². The third kappa shape index (κ3) is 1.92. The Kier molecular flexibility index (Phi) is 2.63. The van der Waals surface area contributed by atoms with Crippen molar-refractivity contribution in [2.75, 3.05) is 26.7 Å². The van der Waals surface area contributed by atoms with Crippen LogP contribution in [-0.4, -0.2) is 32.4 Å². The zero-order valence-electron chi connectivity index (χ0n) is 6.41. The molecule has 1 saturated heterocycles. The fraction of sp³-hybridized carbons (Fsp3) is 1.00. The Balaban J connectivity index is 2.32. The zero-order chi connectivity index (χ0) is 7.45. The summed E-state index contributed by atoms with van der Waals surface area (Å²) < 4.78 is 13.4. The van der Waals surface area contributed by atoms with Crippen LogP contribution in [0.15, 0.2) is 0 Å². The van der Waals surface area contributed by atoms with Crippen LogP contribution in [0.4, 0.5) is 4.39 Å². The van der Waals surface area contributed by atoms with Gasteiger partial charge in [0.25, 0.3) is 0 Å². The normalized spacial score (nSPS) is 34.2. The van der Waals surface area contributed by atoms with Crippen LogP contribution in [0.2, 0.25) is 0 Å². The lowest BCUT2D eigenvalue weighted by Crippen LogP contribution is -2.48. The molecule has 0 aromatic heterocycles. The second kappa shape index (κ2) is 3.30. The second-order valence-corrected chi connectivity index (χ2v) is 2.96. The molecule has 1 rings (SSSR count). The minimum Gasteiger partial charge on any atom is -0.317 e. The first-order chi connectivity index (χ1) is 4.77. The van der Waals surface area contributed by atoms with E-state index in [0.717, 1.165) is 13.0 Å². The first-order valence-corrected chi connectivity index (χ1v) is 3.81. The van der Waals surface area contributed by atoms with Gasteiger partial charge < -0.3 is 10.6 Å². The summed E-state index contributed by atoms with van der Waals surface area (Å²) in [6.45, 7) is 1.95. The van der Waals surface area contributed by atoms with Crippen molar-refractivity contribution < 1.29 is 4.39 Å². The van der Waals surface area contributed by atoms with Gasteiger partial charge in [-0.05, 0) is 26.4 Å². The van der Waals surface area contributed by atoms with E-state index < -0.39 is 5.67 Å². The molecule has 2 N–H and O–H groups in total. The first-order valence-electron chi connectivity index (χ1n) is 3.81. The van der Waals surface area contributed by atoms with E-state index >= 15 is 0 Å². The molecule has 0 aliphatic carbocycles. The highest BCUT2D eigenvalue weighted by molar-refractivity contribution is 4.87. The maximum absolute atomic E-state index is 13.4. The molecule has 1 atom stereocenters. The molecular formula is C7H15FN2. The Morgan fingerprint density at radius 1 is 1.70 bits per heavy atom. The van der Waals surface area contributed by atoms with Crippen molar-refractivity contribution >= 4 is 0 Å². The Morgan fingerprint density at radius 2 is 2.50 bits per heavy atom. The van der Waals surface area contributed by atoms with E-state index in [9.17, 15) is 4.39 Å². The summed E-state index contributed by atoms with van der Waals surface area (Å²) in [5, 5.41) is 5.91. The summed E-state index contributed by atoms with van der Waals surface area (Å²) in [5.41, 5.74) is -0.993. The van der Waals surface area contributed by atoms with Gasteiger partial charge in [-0.3, -0.25) is 0 Å². The Bertz CT molecular complexity index is 94.3. The van der Waals surface area contributed by atoms with E-state index in [2.05, 4.69) is 10.6 Å². The van der Waals surface area contributed by atoms with Crippen LogP contribution in [-0.2, 0) is 0 Å². The molecule has 0 aromatic carbocycles. The van der Waals surface area contributed by atoms with E-state index in [1.165, 1.54) is 0 Å². The van der Waals surface area contributed by atoms with Crippen molar-refractivity contribution in [1.29, 1.82) is 0 Å². The predicted molar refractivity (Wildman–Crippen MR) is 39.9 cm³/mol. The molecule has 0 aromatic rings. The molecule has 0 bridgehead atoms. The van der Waals surface area contributed by atoms with Crippen LogP contribution in [0, 0.1) is 0 Å². The van der Waals surface area contributed by atoms with Gasteiger partial charge >= 0.3 is 0 Å². The Hall–Kier alpha value is -0.150. The van der Waals surface area contributed by atoms with Crippen molar-refractivity contribution in [1.82, 2.24) is 10.6 Å². The molecule has 0 spiro atoms. The van der Waals surface area contributed by atoms with Crippen LogP contribution in [0.3, 0.4) is 0 Å². The summed E-state index contributed by atoms with van der Waals surface area (Å²) in [6, 6.07) is 0. The Labute approximate surface area is 61.2 Å². The second-order valence-electron chi connectivity index (χ2n) is 2.96. The zero-order valence-corrected chi connectivity index (χ0v) is 6.41. The number of piperidine rings is 1. The number of alkyl halides is 1. The van der Waals surface area contributed by atoms with Gasteiger partial charge in [0.05, 0.1) is 0 Å². The molecule has 0 amide bonds. The summed E-state index contributed by atoms with van der Waals surface area (Å²) in [5.74, 6) is 0. The van der Waals surface area contributed by atoms with E-state index in [4.69, 9.17) is 0 Å². The van der Waals surface area contributed by atoms with Crippen molar-refractivity contribution in [2.45, 2.75) is 18.5 Å². The van der Waals surface area contributed by atoms with Crippen molar-refractivity contribution in [3.8, 4) is 0 Å². The first kappa shape index (κ1) is 7.95. The van der Waals surface area contributed by atoms with Crippen LogP contribution in [0.1, 0.15) is 12.8 Å². The largest absolute Gasteiger partial charge is 0.317 e. The molecule has 60 valence electrons. The van der Waals surface area contributed by atoms with Gasteiger partial charge in [0.1, 0.15) is 5.67 Å². The molecule has 1 aliphatic rings. The molecule has 10 heavy (non-hydrogen) atoms. The van der Waals surface area contributed by atoms with Crippen LogP contribution < -0.4 is 10.6 Å². The molecular weight excluding hydrogens is 131 g/mol.